The van der Waals surface area contributed by atoms with E-state index in [1.54, 1.807) is 20.1 Å². The van der Waals surface area contributed by atoms with Crippen LogP contribution in [0.2, 0.25) is 0 Å². The van der Waals surface area contributed by atoms with Gasteiger partial charge in [-0.1, -0.05) is 35.5 Å². The number of hydrogen-bond donors (Lipinski definition) is 1. The zero-order chi connectivity index (χ0) is 14.5. The molecule has 0 bridgehead atoms. The first-order valence-electron chi connectivity index (χ1n) is 6.01. The number of allylic oxidation sites excluding steroid dienone is 1. The quantitative estimate of drug-likeness (QED) is 0.863. The minimum Gasteiger partial charge on any atom is -0.361 e. The van der Waals surface area contributed by atoms with Crippen LogP contribution in [0.15, 0.2) is 40.6 Å². The highest BCUT2D eigenvalue weighted by molar-refractivity contribution is 5.99. The average molecular weight is 269 g/mol. The highest BCUT2D eigenvalue weighted by atomic mass is 16.5. The Kier molecular flexibility index (Phi) is 4.10. The van der Waals surface area contributed by atoms with Crippen LogP contribution in [0.25, 0.3) is 6.08 Å². The van der Waals surface area contributed by atoms with Gasteiger partial charge in [0.05, 0.1) is 5.70 Å². The van der Waals surface area contributed by atoms with Crippen LogP contribution in [0.4, 0.5) is 0 Å². The molecule has 2 aromatic rings. The fraction of sp³-hybridized carbons (Fsp3) is 0.133. The van der Waals surface area contributed by atoms with Crippen LogP contribution in [0.3, 0.4) is 0 Å². The molecule has 1 aromatic heterocycles. The highest BCUT2D eigenvalue weighted by Crippen LogP contribution is 2.12. The molecule has 1 heterocycles. The Labute approximate surface area is 116 Å². The molecule has 1 radical (unpaired) electrons. The van der Waals surface area contributed by atoms with Crippen molar-refractivity contribution >= 4 is 18.3 Å². The number of benzene rings is 1. The summed E-state index contributed by atoms with van der Waals surface area (Å²) in [5.74, 6) is 0.0729. The monoisotopic (exact) mass is 269 g/mol. The van der Waals surface area contributed by atoms with Gasteiger partial charge in [-0.2, -0.15) is 0 Å². The molecule has 0 aliphatic heterocycles. The first-order valence-corrected chi connectivity index (χ1v) is 6.01. The van der Waals surface area contributed by atoms with E-state index in [-0.39, 0.29) is 11.4 Å². The minimum atomic E-state index is -0.495. The third-order valence-corrected chi connectivity index (χ3v) is 2.84. The lowest BCUT2D eigenvalue weighted by atomic mass is 10.2. The molecule has 0 atom stereocenters. The number of aryl methyl sites for hydroxylation is 1. The van der Waals surface area contributed by atoms with Gasteiger partial charge in [0.1, 0.15) is 5.76 Å². The molecule has 101 valence electrons. The van der Waals surface area contributed by atoms with Crippen LogP contribution in [-0.4, -0.2) is 17.4 Å². The molecule has 0 fully saturated rings. The van der Waals surface area contributed by atoms with E-state index >= 15 is 0 Å². The summed E-state index contributed by atoms with van der Waals surface area (Å²) < 4.78 is 4.92. The van der Waals surface area contributed by atoms with E-state index in [2.05, 4.69) is 10.5 Å². The van der Waals surface area contributed by atoms with Crippen molar-refractivity contribution in [3.63, 3.8) is 0 Å². The summed E-state index contributed by atoms with van der Waals surface area (Å²) in [6, 6.07) is 9.16. The third-order valence-electron chi connectivity index (χ3n) is 2.84. The first-order chi connectivity index (χ1) is 9.61. The van der Waals surface area contributed by atoms with E-state index in [4.69, 9.17) is 4.52 Å². The molecule has 5 heteroatoms. The van der Waals surface area contributed by atoms with Crippen molar-refractivity contribution in [3.05, 3.63) is 58.6 Å². The van der Waals surface area contributed by atoms with Gasteiger partial charge in [0.15, 0.2) is 5.69 Å². The zero-order valence-electron chi connectivity index (χ0n) is 11.1. The summed E-state index contributed by atoms with van der Waals surface area (Å²) in [6.07, 6.45) is 3.23. The van der Waals surface area contributed by atoms with Crippen LogP contribution in [0, 0.1) is 13.8 Å². The zero-order valence-corrected chi connectivity index (χ0v) is 11.1. The van der Waals surface area contributed by atoms with E-state index < -0.39 is 5.91 Å². The Balaban J connectivity index is 2.19. The summed E-state index contributed by atoms with van der Waals surface area (Å²) in [5.41, 5.74) is 1.64. The molecule has 2 rings (SSSR count). The van der Waals surface area contributed by atoms with Gasteiger partial charge < -0.3 is 9.84 Å². The van der Waals surface area contributed by atoms with Gasteiger partial charge in [-0.15, -0.1) is 0 Å². The van der Waals surface area contributed by atoms with E-state index in [9.17, 15) is 9.59 Å². The SMILES string of the molecule is Cc1onc(C(=O)NC([C]=O)=Cc2ccccc2)c1C. The summed E-state index contributed by atoms with van der Waals surface area (Å²) in [6.45, 7) is 3.44. The number of carbonyl (C=O) groups is 1. The molecule has 0 spiro atoms. The van der Waals surface area contributed by atoms with Crippen LogP contribution in [0.1, 0.15) is 27.4 Å². The summed E-state index contributed by atoms with van der Waals surface area (Å²) in [4.78, 5) is 22.9. The fourth-order valence-electron chi connectivity index (χ4n) is 1.62. The molecule has 0 unspecified atom stereocenters. The number of rotatable bonds is 4. The molecule has 1 N–H and O–H groups in total. The van der Waals surface area contributed by atoms with Crippen molar-refractivity contribution in [1.29, 1.82) is 0 Å². The lowest BCUT2D eigenvalue weighted by Gasteiger charge is -2.02. The first kappa shape index (κ1) is 13.7. The summed E-state index contributed by atoms with van der Waals surface area (Å²) >= 11 is 0. The number of nitrogens with one attached hydrogen (secondary N) is 1. The van der Waals surface area contributed by atoms with Gasteiger partial charge in [0, 0.05) is 5.56 Å². The summed E-state index contributed by atoms with van der Waals surface area (Å²) in [5, 5.41) is 6.13. The molecular weight excluding hydrogens is 256 g/mol. The number of carbonyl (C=O) groups excluding carboxylic acids is 2. The molecule has 5 nitrogen and oxygen atoms in total. The Morgan fingerprint density at radius 3 is 2.55 bits per heavy atom. The smallest absolute Gasteiger partial charge is 0.278 e. The normalized spacial score (nSPS) is 11.2. The van der Waals surface area contributed by atoms with E-state index in [0.717, 1.165) is 5.56 Å². The van der Waals surface area contributed by atoms with Crippen molar-refractivity contribution in [2.45, 2.75) is 13.8 Å². The predicted molar refractivity (Wildman–Crippen MR) is 73.6 cm³/mol. The Hall–Kier alpha value is -2.69. The molecule has 1 aromatic carbocycles. The van der Waals surface area contributed by atoms with Crippen molar-refractivity contribution in [3.8, 4) is 0 Å². The van der Waals surface area contributed by atoms with Crippen LogP contribution in [-0.2, 0) is 4.79 Å². The van der Waals surface area contributed by atoms with Crippen LogP contribution < -0.4 is 5.32 Å². The van der Waals surface area contributed by atoms with Gasteiger partial charge in [0.25, 0.3) is 12.2 Å². The van der Waals surface area contributed by atoms with Crippen molar-refractivity contribution in [2.75, 3.05) is 0 Å². The van der Waals surface area contributed by atoms with E-state index in [0.29, 0.717) is 11.3 Å². The Morgan fingerprint density at radius 1 is 1.30 bits per heavy atom. The number of aromatic nitrogens is 1. The molecule has 0 saturated heterocycles. The minimum absolute atomic E-state index is 0.0428. The van der Waals surface area contributed by atoms with Gasteiger partial charge in [-0.05, 0) is 25.5 Å². The van der Waals surface area contributed by atoms with Gasteiger partial charge in [-0.3, -0.25) is 9.59 Å². The second-order valence-electron chi connectivity index (χ2n) is 4.24. The molecule has 20 heavy (non-hydrogen) atoms. The van der Waals surface area contributed by atoms with Crippen LogP contribution in [0.5, 0.6) is 0 Å². The average Bonchev–Trinajstić information content (AvgIpc) is 2.79. The third kappa shape index (κ3) is 3.00. The van der Waals surface area contributed by atoms with E-state index in [1.807, 2.05) is 30.3 Å². The fourth-order valence-corrected chi connectivity index (χ4v) is 1.62. The van der Waals surface area contributed by atoms with Crippen LogP contribution >= 0.6 is 0 Å². The predicted octanol–water partition coefficient (Wildman–Crippen LogP) is 2.17. The lowest BCUT2D eigenvalue weighted by molar-refractivity contribution is 0.0958. The van der Waals surface area contributed by atoms with Crippen molar-refractivity contribution in [2.24, 2.45) is 0 Å². The number of nitrogens with zero attached hydrogens (tertiary/aromatic N) is 1. The van der Waals surface area contributed by atoms with E-state index in [1.165, 1.54) is 6.08 Å². The maximum Gasteiger partial charge on any atom is 0.278 e. The largest absolute Gasteiger partial charge is 0.361 e. The van der Waals surface area contributed by atoms with Gasteiger partial charge in [0.2, 0.25) is 0 Å². The maximum atomic E-state index is 12.0. The molecule has 0 aliphatic rings. The lowest BCUT2D eigenvalue weighted by Crippen LogP contribution is -2.24. The molecule has 0 saturated carbocycles. The molecule has 1 amide bonds. The second kappa shape index (κ2) is 5.97. The standard InChI is InChI=1S/C15H13N2O3/c1-10-11(2)20-17-14(10)15(19)16-13(9-18)8-12-6-4-3-5-7-12/h3-8H,1-2H3,(H,16,19). The van der Waals surface area contributed by atoms with Crippen molar-refractivity contribution < 1.29 is 14.1 Å². The number of amides is 1. The number of hydrogen-bond acceptors (Lipinski definition) is 4. The van der Waals surface area contributed by atoms with Gasteiger partial charge >= 0.3 is 0 Å². The second-order valence-corrected chi connectivity index (χ2v) is 4.24. The summed E-state index contributed by atoms with van der Waals surface area (Å²) in [7, 11) is 0. The van der Waals surface area contributed by atoms with Crippen molar-refractivity contribution in [1.82, 2.24) is 10.5 Å². The molecule has 0 aliphatic carbocycles. The highest BCUT2D eigenvalue weighted by Gasteiger charge is 2.17. The topological polar surface area (TPSA) is 72.2 Å². The Morgan fingerprint density at radius 2 is 2.00 bits per heavy atom. The Bertz CT molecular complexity index is 657. The van der Waals surface area contributed by atoms with Gasteiger partial charge in [-0.25, -0.2) is 0 Å². The molecular formula is C15H13N2O3. The maximum absolute atomic E-state index is 12.0.